The van der Waals surface area contributed by atoms with Crippen LogP contribution in [0, 0.1) is 0 Å². The first-order valence-electron chi connectivity index (χ1n) is 5.96. The lowest BCUT2D eigenvalue weighted by molar-refractivity contribution is -0.117. The first kappa shape index (κ1) is 15.3. The Bertz CT molecular complexity index is 687. The molecule has 108 valence electrons. The van der Waals surface area contributed by atoms with E-state index >= 15 is 0 Å². The Morgan fingerprint density at radius 2 is 1.76 bits per heavy atom. The van der Waals surface area contributed by atoms with Gasteiger partial charge in [-0.05, 0) is 29.8 Å². The monoisotopic (exact) mass is 323 g/mol. The second kappa shape index (κ2) is 6.56. The number of nitrogens with two attached hydrogens (primary N) is 1. The maximum absolute atomic E-state index is 12.1. The molecule has 0 saturated carbocycles. The Kier molecular flexibility index (Phi) is 4.77. The molecule has 0 aliphatic carbocycles. The number of hydrogen-bond acceptors (Lipinski definition) is 3. The molecule has 0 radical (unpaired) electrons. The van der Waals surface area contributed by atoms with Crippen LogP contribution in [0.3, 0.4) is 0 Å². The molecule has 0 atom stereocenters. The van der Waals surface area contributed by atoms with Crippen molar-refractivity contribution in [1.82, 2.24) is 4.98 Å². The maximum atomic E-state index is 12.1. The Morgan fingerprint density at radius 3 is 2.38 bits per heavy atom. The van der Waals surface area contributed by atoms with Crippen LogP contribution in [-0.4, -0.2) is 16.8 Å². The van der Waals surface area contributed by atoms with E-state index in [0.29, 0.717) is 5.69 Å². The molecule has 0 fully saturated rings. The molecular weight excluding hydrogens is 313 g/mol. The number of rotatable bonds is 4. The summed E-state index contributed by atoms with van der Waals surface area (Å²) in [6.45, 7) is 0. The molecule has 3 N–H and O–H groups in total. The third-order valence-corrected chi connectivity index (χ3v) is 3.13. The second-order valence-electron chi connectivity index (χ2n) is 4.26. The maximum Gasteiger partial charge on any atom is 0.275 e. The van der Waals surface area contributed by atoms with E-state index in [1.165, 1.54) is 12.1 Å². The highest BCUT2D eigenvalue weighted by atomic mass is 35.5. The van der Waals surface area contributed by atoms with E-state index in [4.69, 9.17) is 28.9 Å². The second-order valence-corrected chi connectivity index (χ2v) is 5.05. The minimum Gasteiger partial charge on any atom is -0.369 e. The standard InChI is InChI=1S/C14H11Cl2N3O2/c15-10-5-6-11(16)19-13(10)14(21)18-9-3-1-8(2-4-9)7-12(17)20/h1-6H,7H2,(H2,17,20)(H,18,21). The number of primary amides is 1. The number of hydrogen-bond donors (Lipinski definition) is 2. The Morgan fingerprint density at radius 1 is 1.10 bits per heavy atom. The van der Waals surface area contributed by atoms with Crippen molar-refractivity contribution in [3.63, 3.8) is 0 Å². The molecule has 0 unspecified atom stereocenters. The summed E-state index contributed by atoms with van der Waals surface area (Å²) in [5, 5.41) is 3.04. The van der Waals surface area contributed by atoms with Gasteiger partial charge in [0.2, 0.25) is 5.91 Å². The summed E-state index contributed by atoms with van der Waals surface area (Å²) in [7, 11) is 0. The van der Waals surface area contributed by atoms with Crippen molar-refractivity contribution in [2.75, 3.05) is 5.32 Å². The molecule has 1 aromatic carbocycles. The predicted octanol–water partition coefficient (Wildman–Crippen LogP) is 2.67. The minimum absolute atomic E-state index is 0.0466. The van der Waals surface area contributed by atoms with Crippen molar-refractivity contribution in [3.8, 4) is 0 Å². The smallest absolute Gasteiger partial charge is 0.275 e. The molecule has 0 saturated heterocycles. The van der Waals surface area contributed by atoms with Gasteiger partial charge in [0.1, 0.15) is 10.8 Å². The zero-order valence-corrected chi connectivity index (χ0v) is 12.3. The summed E-state index contributed by atoms with van der Waals surface area (Å²) in [5.74, 6) is -0.883. The molecular formula is C14H11Cl2N3O2. The predicted molar refractivity (Wildman–Crippen MR) is 81.6 cm³/mol. The number of halogens is 2. The van der Waals surface area contributed by atoms with Gasteiger partial charge in [0, 0.05) is 5.69 Å². The molecule has 2 aromatic rings. The van der Waals surface area contributed by atoms with Gasteiger partial charge in [-0.3, -0.25) is 9.59 Å². The third-order valence-electron chi connectivity index (χ3n) is 2.62. The quantitative estimate of drug-likeness (QED) is 0.848. The molecule has 21 heavy (non-hydrogen) atoms. The number of amides is 2. The Hall–Kier alpha value is -2.11. The molecule has 0 aliphatic rings. The number of carbonyl (C=O) groups excluding carboxylic acids is 2. The van der Waals surface area contributed by atoms with Crippen LogP contribution in [0.25, 0.3) is 0 Å². The SMILES string of the molecule is NC(=O)Cc1ccc(NC(=O)c2nc(Cl)ccc2Cl)cc1. The van der Waals surface area contributed by atoms with Gasteiger partial charge in [0.05, 0.1) is 11.4 Å². The van der Waals surface area contributed by atoms with Gasteiger partial charge in [-0.2, -0.15) is 0 Å². The van der Waals surface area contributed by atoms with E-state index in [0.717, 1.165) is 5.56 Å². The summed E-state index contributed by atoms with van der Waals surface area (Å²) in [4.78, 5) is 26.7. The lowest BCUT2D eigenvalue weighted by Gasteiger charge is -2.07. The summed E-state index contributed by atoms with van der Waals surface area (Å²) in [5.41, 5.74) is 6.46. The van der Waals surface area contributed by atoms with Crippen molar-refractivity contribution < 1.29 is 9.59 Å². The fourth-order valence-corrected chi connectivity index (χ4v) is 2.01. The van der Waals surface area contributed by atoms with Crippen molar-refractivity contribution >= 4 is 40.7 Å². The largest absolute Gasteiger partial charge is 0.369 e. The number of nitrogens with one attached hydrogen (secondary N) is 1. The first-order chi connectivity index (χ1) is 9.95. The average Bonchev–Trinajstić information content (AvgIpc) is 2.43. The van der Waals surface area contributed by atoms with E-state index in [1.54, 1.807) is 24.3 Å². The van der Waals surface area contributed by atoms with Crippen LogP contribution in [0.5, 0.6) is 0 Å². The number of pyridine rings is 1. The first-order valence-corrected chi connectivity index (χ1v) is 6.72. The van der Waals surface area contributed by atoms with Gasteiger partial charge in [0.15, 0.2) is 0 Å². The minimum atomic E-state index is -0.467. The number of nitrogens with zero attached hydrogens (tertiary/aromatic N) is 1. The summed E-state index contributed by atoms with van der Waals surface area (Å²) >= 11 is 11.6. The third kappa shape index (κ3) is 4.18. The van der Waals surface area contributed by atoms with Gasteiger partial charge in [0.25, 0.3) is 5.91 Å². The van der Waals surface area contributed by atoms with Gasteiger partial charge >= 0.3 is 0 Å². The summed E-state index contributed by atoms with van der Waals surface area (Å²) in [6.07, 6.45) is 0.149. The van der Waals surface area contributed by atoms with Gasteiger partial charge in [-0.25, -0.2) is 4.98 Å². The summed E-state index contributed by atoms with van der Waals surface area (Å²) in [6, 6.07) is 9.73. The number of aromatic nitrogens is 1. The zero-order valence-electron chi connectivity index (χ0n) is 10.8. The van der Waals surface area contributed by atoms with Crippen LogP contribution < -0.4 is 11.1 Å². The van der Waals surface area contributed by atoms with E-state index in [9.17, 15) is 9.59 Å². The van der Waals surface area contributed by atoms with Crippen molar-refractivity contribution in [1.29, 1.82) is 0 Å². The van der Waals surface area contributed by atoms with Gasteiger partial charge in [-0.15, -0.1) is 0 Å². The fourth-order valence-electron chi connectivity index (χ4n) is 1.67. The highest BCUT2D eigenvalue weighted by Gasteiger charge is 2.13. The van der Waals surface area contributed by atoms with Gasteiger partial charge < -0.3 is 11.1 Å². The van der Waals surface area contributed by atoms with Crippen molar-refractivity contribution in [3.05, 3.63) is 57.8 Å². The lowest BCUT2D eigenvalue weighted by Crippen LogP contribution is -2.15. The molecule has 7 heteroatoms. The normalized spacial score (nSPS) is 10.2. The van der Waals surface area contributed by atoms with Crippen molar-refractivity contribution in [2.45, 2.75) is 6.42 Å². The number of anilines is 1. The van der Waals surface area contributed by atoms with Crippen LogP contribution in [-0.2, 0) is 11.2 Å². The van der Waals surface area contributed by atoms with E-state index < -0.39 is 11.8 Å². The topological polar surface area (TPSA) is 85.1 Å². The van der Waals surface area contributed by atoms with Crippen LogP contribution >= 0.6 is 23.2 Å². The lowest BCUT2D eigenvalue weighted by atomic mass is 10.1. The highest BCUT2D eigenvalue weighted by Crippen LogP contribution is 2.18. The molecule has 5 nitrogen and oxygen atoms in total. The number of benzene rings is 1. The van der Waals surface area contributed by atoms with Gasteiger partial charge in [-0.1, -0.05) is 35.3 Å². The molecule has 0 spiro atoms. The Balaban J connectivity index is 2.12. The number of carbonyl (C=O) groups is 2. The van der Waals surface area contributed by atoms with Crippen LogP contribution in [0.15, 0.2) is 36.4 Å². The molecule has 1 heterocycles. The van der Waals surface area contributed by atoms with Crippen LogP contribution in [0.2, 0.25) is 10.2 Å². The molecule has 2 rings (SSSR count). The van der Waals surface area contributed by atoms with Crippen LogP contribution in [0.1, 0.15) is 16.1 Å². The van der Waals surface area contributed by atoms with E-state index in [-0.39, 0.29) is 22.3 Å². The Labute approximate surface area is 131 Å². The fraction of sp³-hybridized carbons (Fsp3) is 0.0714. The van der Waals surface area contributed by atoms with E-state index in [2.05, 4.69) is 10.3 Å². The molecule has 1 aromatic heterocycles. The van der Waals surface area contributed by atoms with E-state index in [1.807, 2.05) is 0 Å². The highest BCUT2D eigenvalue weighted by molar-refractivity contribution is 6.35. The summed E-state index contributed by atoms with van der Waals surface area (Å²) < 4.78 is 0. The molecule has 2 amide bonds. The van der Waals surface area contributed by atoms with Crippen LogP contribution in [0.4, 0.5) is 5.69 Å². The molecule has 0 aliphatic heterocycles. The average molecular weight is 324 g/mol. The zero-order chi connectivity index (χ0) is 15.4. The van der Waals surface area contributed by atoms with Crippen molar-refractivity contribution in [2.24, 2.45) is 5.73 Å². The molecule has 0 bridgehead atoms.